The summed E-state index contributed by atoms with van der Waals surface area (Å²) < 4.78 is 34.1. The van der Waals surface area contributed by atoms with Crippen molar-refractivity contribution in [3.8, 4) is 0 Å². The Bertz CT molecular complexity index is 124. The molecule has 6 nitrogen and oxygen atoms in total. The first kappa shape index (κ1) is 16.8. The molecule has 0 saturated carbocycles. The van der Waals surface area contributed by atoms with Crippen LogP contribution in [0.3, 0.4) is 0 Å². The third-order valence-corrected chi connectivity index (χ3v) is 0.167. The largest absolute Gasteiger partial charge is 2.00 e. The predicted molar refractivity (Wildman–Crippen MR) is 28.6 cm³/mol. The first-order valence-corrected chi connectivity index (χ1v) is 3.32. The van der Waals surface area contributed by atoms with Crippen molar-refractivity contribution in [1.29, 1.82) is 0 Å². The Morgan fingerprint density at radius 2 is 1.20 bits per heavy atom. The fourth-order valence-corrected chi connectivity index (χ4v) is 0. The summed E-state index contributed by atoms with van der Waals surface area (Å²) in [6, 6.07) is 0. The smallest absolute Gasteiger partial charge is 0.759 e. The molecule has 0 atom stereocenters. The molecule has 0 rings (SSSR count). The zero-order chi connectivity index (χ0) is 7.91. The zero-order valence-electron chi connectivity index (χ0n) is 4.93. The second-order valence-corrected chi connectivity index (χ2v) is 1.80. The minimum Gasteiger partial charge on any atom is -0.759 e. The van der Waals surface area contributed by atoms with Crippen molar-refractivity contribution >= 4 is 10.4 Å². The van der Waals surface area contributed by atoms with Crippen molar-refractivity contribution in [2.24, 2.45) is 11.5 Å². The Hall–Kier alpha value is 0.478. The molecule has 0 aromatic carbocycles. The summed E-state index contributed by atoms with van der Waals surface area (Å²) in [5.41, 5.74) is 9.81. The number of rotatable bonds is 1. The molecule has 66 valence electrons. The SMILES string of the molecule is NCCN.O=S(=O)([O-])[O-].[Pt+2]. The van der Waals surface area contributed by atoms with Crippen molar-refractivity contribution in [2.75, 3.05) is 13.1 Å². The molecule has 0 saturated heterocycles. The summed E-state index contributed by atoms with van der Waals surface area (Å²) in [7, 11) is -5.17. The Kier molecular flexibility index (Phi) is 16.0. The fraction of sp³-hybridized carbons (Fsp3) is 1.00. The average Bonchev–Trinajstić information content (AvgIpc) is 1.61. The molecule has 0 spiro atoms. The normalized spacial score (nSPS) is 8.80. The van der Waals surface area contributed by atoms with E-state index in [9.17, 15) is 0 Å². The first-order valence-electron chi connectivity index (χ1n) is 1.98. The van der Waals surface area contributed by atoms with Gasteiger partial charge in [0, 0.05) is 23.5 Å². The van der Waals surface area contributed by atoms with Gasteiger partial charge in [-0.25, -0.2) is 0 Å². The van der Waals surface area contributed by atoms with Gasteiger partial charge in [0.05, 0.1) is 0 Å². The quantitative estimate of drug-likeness (QED) is 0.399. The van der Waals surface area contributed by atoms with Crippen LogP contribution in [0.5, 0.6) is 0 Å². The maximum atomic E-state index is 8.52. The van der Waals surface area contributed by atoms with E-state index >= 15 is 0 Å². The van der Waals surface area contributed by atoms with Crippen LogP contribution in [0.1, 0.15) is 0 Å². The number of hydrogen-bond acceptors (Lipinski definition) is 6. The van der Waals surface area contributed by atoms with E-state index < -0.39 is 10.4 Å². The van der Waals surface area contributed by atoms with E-state index in [0.29, 0.717) is 13.1 Å². The molecule has 0 radical (unpaired) electrons. The molecule has 0 aliphatic rings. The molecule has 0 aliphatic carbocycles. The number of hydrogen-bond donors (Lipinski definition) is 2. The molecule has 0 aromatic rings. The molecule has 0 unspecified atom stereocenters. The number of nitrogens with two attached hydrogens (primary N) is 2. The molecule has 0 fully saturated rings. The van der Waals surface area contributed by atoms with Crippen LogP contribution in [-0.4, -0.2) is 30.6 Å². The van der Waals surface area contributed by atoms with Gasteiger partial charge in [0.25, 0.3) is 0 Å². The summed E-state index contributed by atoms with van der Waals surface area (Å²) in [4.78, 5) is 0. The summed E-state index contributed by atoms with van der Waals surface area (Å²) in [5.74, 6) is 0. The third kappa shape index (κ3) is 217. The van der Waals surface area contributed by atoms with Crippen LogP contribution in [0.4, 0.5) is 0 Å². The van der Waals surface area contributed by atoms with Crippen LogP contribution in [0, 0.1) is 0 Å². The maximum absolute atomic E-state index is 8.52. The van der Waals surface area contributed by atoms with E-state index in [1.54, 1.807) is 0 Å². The average molecular weight is 351 g/mol. The molecule has 10 heavy (non-hydrogen) atoms. The van der Waals surface area contributed by atoms with Crippen molar-refractivity contribution in [2.45, 2.75) is 0 Å². The summed E-state index contributed by atoms with van der Waals surface area (Å²) in [6.45, 7) is 1.19. The predicted octanol–water partition coefficient (Wildman–Crippen LogP) is -2.44. The van der Waals surface area contributed by atoms with E-state index in [1.165, 1.54) is 0 Å². The third-order valence-electron chi connectivity index (χ3n) is 0.167. The van der Waals surface area contributed by atoms with Crippen molar-refractivity contribution in [1.82, 2.24) is 0 Å². The van der Waals surface area contributed by atoms with Gasteiger partial charge in [-0.2, -0.15) is 0 Å². The summed E-state index contributed by atoms with van der Waals surface area (Å²) in [5, 5.41) is 0. The molecule has 0 amide bonds. The van der Waals surface area contributed by atoms with E-state index in [0.717, 1.165) is 0 Å². The topological polar surface area (TPSA) is 132 Å². The van der Waals surface area contributed by atoms with Crippen LogP contribution >= 0.6 is 0 Å². The van der Waals surface area contributed by atoms with Gasteiger partial charge in [0.1, 0.15) is 0 Å². The zero-order valence-corrected chi connectivity index (χ0v) is 8.02. The van der Waals surface area contributed by atoms with E-state index in [4.69, 9.17) is 29.0 Å². The van der Waals surface area contributed by atoms with Gasteiger partial charge in [-0.15, -0.1) is 0 Å². The minimum atomic E-state index is -5.17. The fourth-order valence-electron chi connectivity index (χ4n) is 0. The molecular weight excluding hydrogens is 343 g/mol. The van der Waals surface area contributed by atoms with Crippen LogP contribution < -0.4 is 11.5 Å². The molecule has 0 bridgehead atoms. The van der Waals surface area contributed by atoms with Gasteiger partial charge < -0.3 is 20.6 Å². The van der Waals surface area contributed by atoms with Crippen LogP contribution in [-0.2, 0) is 31.5 Å². The van der Waals surface area contributed by atoms with E-state index in [-0.39, 0.29) is 21.1 Å². The summed E-state index contributed by atoms with van der Waals surface area (Å²) in [6.07, 6.45) is 0. The maximum Gasteiger partial charge on any atom is 2.00 e. The molecule has 4 N–H and O–H groups in total. The molecular formula is C2H8N2O4PtS. The Balaban J connectivity index is -0.0000000910. The Morgan fingerprint density at radius 3 is 1.20 bits per heavy atom. The first-order chi connectivity index (χ1) is 3.91. The van der Waals surface area contributed by atoms with Crippen LogP contribution in [0.15, 0.2) is 0 Å². The van der Waals surface area contributed by atoms with Crippen LogP contribution in [0.25, 0.3) is 0 Å². The molecule has 0 aliphatic heterocycles. The molecule has 0 heterocycles. The van der Waals surface area contributed by atoms with Crippen LogP contribution in [0.2, 0.25) is 0 Å². The van der Waals surface area contributed by atoms with Crippen molar-refractivity contribution in [3.63, 3.8) is 0 Å². The second-order valence-electron chi connectivity index (χ2n) is 0.986. The van der Waals surface area contributed by atoms with Gasteiger partial charge >= 0.3 is 21.1 Å². The Labute approximate surface area is 73.8 Å². The monoisotopic (exact) mass is 351 g/mol. The van der Waals surface area contributed by atoms with Crippen molar-refractivity contribution < 1.29 is 38.6 Å². The molecule has 8 heteroatoms. The van der Waals surface area contributed by atoms with E-state index in [1.807, 2.05) is 0 Å². The van der Waals surface area contributed by atoms with Crippen molar-refractivity contribution in [3.05, 3.63) is 0 Å². The van der Waals surface area contributed by atoms with Gasteiger partial charge in [-0.05, 0) is 0 Å². The standard InChI is InChI=1S/C2H8N2.H2O4S.Pt/c3-1-2-4;1-5(2,3)4;/h1-4H2;(H2,1,2,3,4);/q;;+2/p-2. The molecule has 0 aromatic heterocycles. The van der Waals surface area contributed by atoms with E-state index in [2.05, 4.69) is 0 Å². The minimum absolute atomic E-state index is 0. The van der Waals surface area contributed by atoms with Gasteiger partial charge in [-0.3, -0.25) is 8.42 Å². The van der Waals surface area contributed by atoms with Gasteiger partial charge in [0.2, 0.25) is 0 Å². The van der Waals surface area contributed by atoms with Gasteiger partial charge in [-0.1, -0.05) is 0 Å². The Morgan fingerprint density at radius 1 is 1.10 bits per heavy atom. The summed E-state index contributed by atoms with van der Waals surface area (Å²) >= 11 is 0. The van der Waals surface area contributed by atoms with Gasteiger partial charge in [0.15, 0.2) is 0 Å². The second kappa shape index (κ2) is 9.48.